The number of nitriles is 1. The van der Waals surface area contributed by atoms with Gasteiger partial charge in [-0.05, 0) is 56.3 Å². The van der Waals surface area contributed by atoms with Crippen LogP contribution in [0.15, 0.2) is 0 Å². The highest BCUT2D eigenvalue weighted by atomic mass is 16.1. The predicted molar refractivity (Wildman–Crippen MR) is 63.8 cm³/mol. The molecule has 0 aromatic heterocycles. The van der Waals surface area contributed by atoms with Gasteiger partial charge in [0.1, 0.15) is 0 Å². The molecule has 4 aliphatic rings. The lowest BCUT2D eigenvalue weighted by Gasteiger charge is -2.48. The van der Waals surface area contributed by atoms with Crippen molar-refractivity contribution in [3.05, 3.63) is 0 Å². The molecule has 0 aliphatic heterocycles. The van der Waals surface area contributed by atoms with E-state index < -0.39 is 0 Å². The van der Waals surface area contributed by atoms with E-state index in [4.69, 9.17) is 0 Å². The predicted octanol–water partition coefficient (Wildman–Crippen LogP) is 2.23. The number of amides is 1. The average molecular weight is 232 g/mol. The minimum Gasteiger partial charge on any atom is -0.351 e. The molecular weight excluding hydrogens is 212 g/mol. The zero-order valence-electron chi connectivity index (χ0n) is 10.4. The van der Waals surface area contributed by atoms with Gasteiger partial charge in [-0.15, -0.1) is 0 Å². The molecule has 3 nitrogen and oxygen atoms in total. The van der Waals surface area contributed by atoms with Gasteiger partial charge in [0, 0.05) is 18.4 Å². The van der Waals surface area contributed by atoms with E-state index in [0.717, 1.165) is 31.6 Å². The fourth-order valence-electron chi connectivity index (χ4n) is 4.91. The maximum Gasteiger partial charge on any atom is 0.217 e. The third kappa shape index (κ3) is 1.84. The van der Waals surface area contributed by atoms with E-state index in [9.17, 15) is 10.1 Å². The highest BCUT2D eigenvalue weighted by Gasteiger charge is 2.51. The molecule has 3 heteroatoms. The first-order valence-electron chi connectivity index (χ1n) is 6.78. The zero-order chi connectivity index (χ0) is 12.0. The Morgan fingerprint density at radius 3 is 2.59 bits per heavy atom. The summed E-state index contributed by atoms with van der Waals surface area (Å²) < 4.78 is 0. The van der Waals surface area contributed by atoms with Crippen molar-refractivity contribution in [3.8, 4) is 6.07 Å². The van der Waals surface area contributed by atoms with E-state index in [2.05, 4.69) is 11.4 Å². The Bertz CT molecular complexity index is 386. The number of carbonyl (C=O) groups excluding carboxylic acids is 1. The van der Waals surface area contributed by atoms with Crippen molar-refractivity contribution in [2.45, 2.75) is 51.0 Å². The summed E-state index contributed by atoms with van der Waals surface area (Å²) in [5, 5.41) is 12.5. The molecule has 5 unspecified atom stereocenters. The molecule has 92 valence electrons. The van der Waals surface area contributed by atoms with Crippen molar-refractivity contribution in [2.24, 2.45) is 23.7 Å². The minimum absolute atomic E-state index is 0.0356. The van der Waals surface area contributed by atoms with Gasteiger partial charge in [0.05, 0.1) is 6.07 Å². The molecular formula is C14H20N2O. The van der Waals surface area contributed by atoms with Crippen LogP contribution in [0.25, 0.3) is 0 Å². The summed E-state index contributed by atoms with van der Waals surface area (Å²) in [6.45, 7) is 1.62. The lowest BCUT2D eigenvalue weighted by atomic mass is 9.62. The number of nitrogens with zero attached hydrogens (tertiary/aromatic N) is 1. The SMILES string of the molecule is CC(=O)NC12CC3CC(CC(C1)C(C#N)C3)C2. The van der Waals surface area contributed by atoms with Crippen molar-refractivity contribution in [1.29, 1.82) is 5.26 Å². The third-order valence-electron chi connectivity index (χ3n) is 5.08. The van der Waals surface area contributed by atoms with Crippen LogP contribution in [0.3, 0.4) is 0 Å². The third-order valence-corrected chi connectivity index (χ3v) is 5.08. The van der Waals surface area contributed by atoms with Gasteiger partial charge in [0.15, 0.2) is 0 Å². The Morgan fingerprint density at radius 1 is 1.24 bits per heavy atom. The molecule has 4 rings (SSSR count). The summed E-state index contributed by atoms with van der Waals surface area (Å²) in [4.78, 5) is 11.4. The number of rotatable bonds is 1. The molecule has 5 atom stereocenters. The second-order valence-corrected chi connectivity index (χ2v) is 6.51. The maximum atomic E-state index is 11.4. The minimum atomic E-state index is 0.0356. The van der Waals surface area contributed by atoms with Crippen LogP contribution in [0.4, 0.5) is 0 Å². The van der Waals surface area contributed by atoms with E-state index in [-0.39, 0.29) is 17.4 Å². The lowest BCUT2D eigenvalue weighted by Crippen LogP contribution is -2.55. The molecule has 0 radical (unpaired) electrons. The Labute approximate surface area is 103 Å². The van der Waals surface area contributed by atoms with Crippen LogP contribution in [0.2, 0.25) is 0 Å². The monoisotopic (exact) mass is 232 g/mol. The van der Waals surface area contributed by atoms with Crippen molar-refractivity contribution in [2.75, 3.05) is 0 Å². The highest BCUT2D eigenvalue weighted by Crippen LogP contribution is 2.54. The van der Waals surface area contributed by atoms with Crippen LogP contribution >= 0.6 is 0 Å². The van der Waals surface area contributed by atoms with Gasteiger partial charge in [-0.1, -0.05) is 0 Å². The molecule has 1 N–H and O–H groups in total. The van der Waals surface area contributed by atoms with Crippen LogP contribution < -0.4 is 5.32 Å². The van der Waals surface area contributed by atoms with Crippen molar-refractivity contribution in [3.63, 3.8) is 0 Å². The van der Waals surface area contributed by atoms with Gasteiger partial charge in [-0.25, -0.2) is 0 Å². The van der Waals surface area contributed by atoms with Crippen LogP contribution in [0, 0.1) is 35.0 Å². The van der Waals surface area contributed by atoms with Crippen molar-refractivity contribution in [1.82, 2.24) is 5.32 Å². The first-order chi connectivity index (χ1) is 8.10. The highest BCUT2D eigenvalue weighted by molar-refractivity contribution is 5.73. The van der Waals surface area contributed by atoms with E-state index in [1.165, 1.54) is 12.8 Å². The fraction of sp³-hybridized carbons (Fsp3) is 0.857. The summed E-state index contributed by atoms with van der Waals surface area (Å²) >= 11 is 0. The second-order valence-electron chi connectivity index (χ2n) is 6.51. The van der Waals surface area contributed by atoms with Gasteiger partial charge in [-0.2, -0.15) is 5.26 Å². The number of nitrogens with one attached hydrogen (secondary N) is 1. The summed E-state index contributed by atoms with van der Waals surface area (Å²) in [7, 11) is 0. The van der Waals surface area contributed by atoms with E-state index in [0.29, 0.717) is 11.8 Å². The quantitative estimate of drug-likeness (QED) is 0.753. The molecule has 1 amide bonds. The number of fused-ring (bicyclic) bond motifs is 1. The van der Waals surface area contributed by atoms with Crippen LogP contribution in [-0.2, 0) is 4.79 Å². The fourth-order valence-corrected chi connectivity index (χ4v) is 4.91. The standard InChI is InChI=1S/C14H20N2O/c1-9(17)16-14-5-10-2-11(6-14)4-13(8-15)12(3-10)7-14/h10-13H,2-7H2,1H3,(H,16,17). The zero-order valence-corrected chi connectivity index (χ0v) is 10.4. The molecule has 0 aromatic rings. The Kier molecular flexibility index (Phi) is 2.43. The van der Waals surface area contributed by atoms with Gasteiger partial charge in [-0.3, -0.25) is 4.79 Å². The van der Waals surface area contributed by atoms with E-state index in [1.54, 1.807) is 6.92 Å². The van der Waals surface area contributed by atoms with Gasteiger partial charge < -0.3 is 5.32 Å². The normalized spacial score (nSPS) is 47.3. The number of hydrogen-bond acceptors (Lipinski definition) is 2. The first kappa shape index (κ1) is 11.1. The Hall–Kier alpha value is -1.04. The van der Waals surface area contributed by atoms with Crippen molar-refractivity contribution >= 4 is 5.91 Å². The largest absolute Gasteiger partial charge is 0.351 e. The molecule has 0 saturated heterocycles. The summed E-state index contributed by atoms with van der Waals surface area (Å²) in [5.41, 5.74) is 0.0356. The summed E-state index contributed by atoms with van der Waals surface area (Å²) in [6, 6.07) is 2.51. The smallest absolute Gasteiger partial charge is 0.217 e. The second kappa shape index (κ2) is 3.73. The topological polar surface area (TPSA) is 52.9 Å². The van der Waals surface area contributed by atoms with E-state index >= 15 is 0 Å². The average Bonchev–Trinajstić information content (AvgIpc) is 2.39. The van der Waals surface area contributed by atoms with Gasteiger partial charge in [0.2, 0.25) is 5.91 Å². The Morgan fingerprint density at radius 2 is 1.94 bits per heavy atom. The molecule has 4 bridgehead atoms. The molecule has 0 spiro atoms. The van der Waals surface area contributed by atoms with Crippen molar-refractivity contribution < 1.29 is 4.79 Å². The molecule has 17 heavy (non-hydrogen) atoms. The number of hydrogen-bond donors (Lipinski definition) is 1. The van der Waals surface area contributed by atoms with Gasteiger partial charge in [0.25, 0.3) is 0 Å². The summed E-state index contributed by atoms with van der Waals surface area (Å²) in [5.74, 6) is 2.27. The molecule has 0 aromatic carbocycles. The molecule has 4 aliphatic carbocycles. The summed E-state index contributed by atoms with van der Waals surface area (Å²) in [6.07, 6.45) is 6.87. The molecule has 4 fully saturated rings. The molecule has 4 saturated carbocycles. The van der Waals surface area contributed by atoms with Gasteiger partial charge >= 0.3 is 0 Å². The van der Waals surface area contributed by atoms with E-state index in [1.807, 2.05) is 0 Å². The number of carbonyl (C=O) groups is 1. The maximum absolute atomic E-state index is 11.4. The van der Waals surface area contributed by atoms with Crippen LogP contribution in [0.5, 0.6) is 0 Å². The molecule has 0 heterocycles. The Balaban J connectivity index is 1.90. The van der Waals surface area contributed by atoms with Crippen LogP contribution in [0.1, 0.15) is 45.4 Å². The first-order valence-corrected chi connectivity index (χ1v) is 6.78. The van der Waals surface area contributed by atoms with Crippen LogP contribution in [-0.4, -0.2) is 11.4 Å². The lowest BCUT2D eigenvalue weighted by molar-refractivity contribution is -0.122.